The van der Waals surface area contributed by atoms with Crippen LogP contribution in [-0.4, -0.2) is 12.4 Å². The van der Waals surface area contributed by atoms with Crippen LogP contribution in [0.3, 0.4) is 0 Å². The Morgan fingerprint density at radius 1 is 1.60 bits per heavy atom. The maximum absolute atomic E-state index is 4.17. The van der Waals surface area contributed by atoms with Crippen molar-refractivity contribution in [1.82, 2.24) is 5.32 Å². The minimum Gasteiger partial charge on any atom is -0.367 e. The highest BCUT2D eigenvalue weighted by molar-refractivity contribution is 5.63. The third kappa shape index (κ3) is 0.764. The molecule has 0 saturated carbocycles. The summed E-state index contributed by atoms with van der Waals surface area (Å²) in [5.41, 5.74) is 2.59. The van der Waals surface area contributed by atoms with E-state index in [1.807, 2.05) is 0 Å². The Hall–Kier alpha value is -1.05. The van der Waals surface area contributed by atoms with Gasteiger partial charge in [0.05, 0.1) is 18.1 Å². The number of nitrogens with zero attached hydrogens (tertiary/aromatic N) is 1. The van der Waals surface area contributed by atoms with E-state index in [2.05, 4.69) is 29.4 Å². The molecule has 1 atom stereocenters. The lowest BCUT2D eigenvalue weighted by molar-refractivity contribution is 0.703. The van der Waals surface area contributed by atoms with Crippen molar-refractivity contribution in [3.05, 3.63) is 23.4 Å². The fraction of sp³-hybridized carbons (Fsp3) is 0.375. The zero-order valence-corrected chi connectivity index (χ0v) is 5.96. The molecule has 2 aliphatic rings. The third-order valence-corrected chi connectivity index (χ3v) is 1.91. The molecule has 1 aliphatic carbocycles. The van der Waals surface area contributed by atoms with Crippen molar-refractivity contribution in [2.45, 2.75) is 19.4 Å². The molecule has 1 N–H and O–H groups in total. The van der Waals surface area contributed by atoms with Gasteiger partial charge in [0.15, 0.2) is 0 Å². The van der Waals surface area contributed by atoms with Gasteiger partial charge in [-0.05, 0) is 19.4 Å². The van der Waals surface area contributed by atoms with Crippen molar-refractivity contribution in [2.75, 3.05) is 0 Å². The zero-order chi connectivity index (χ0) is 6.97. The van der Waals surface area contributed by atoms with Gasteiger partial charge in [-0.1, -0.05) is 11.6 Å². The van der Waals surface area contributed by atoms with Crippen molar-refractivity contribution in [1.29, 1.82) is 0 Å². The summed E-state index contributed by atoms with van der Waals surface area (Å²) in [6, 6.07) is 0.463. The molecule has 1 unspecified atom stereocenters. The Bertz CT molecular complexity index is 236. The molecule has 0 bridgehead atoms. The molecular weight excluding hydrogens is 124 g/mol. The molecule has 0 amide bonds. The highest BCUT2D eigenvalue weighted by atomic mass is 15.1. The molecule has 0 aromatic carbocycles. The van der Waals surface area contributed by atoms with Crippen molar-refractivity contribution in [2.24, 2.45) is 4.99 Å². The second-order valence-electron chi connectivity index (χ2n) is 2.79. The van der Waals surface area contributed by atoms with Crippen molar-refractivity contribution in [3.8, 4) is 0 Å². The molecule has 1 heterocycles. The lowest BCUT2D eigenvalue weighted by atomic mass is 10.0. The van der Waals surface area contributed by atoms with Gasteiger partial charge in [-0.2, -0.15) is 0 Å². The highest BCUT2D eigenvalue weighted by Gasteiger charge is 2.18. The first-order chi connectivity index (χ1) is 4.86. The normalized spacial score (nSPS) is 28.7. The Morgan fingerprint density at radius 3 is 3.40 bits per heavy atom. The molecule has 2 heteroatoms. The van der Waals surface area contributed by atoms with Crippen LogP contribution in [0.2, 0.25) is 0 Å². The van der Waals surface area contributed by atoms with E-state index < -0.39 is 0 Å². The topological polar surface area (TPSA) is 24.4 Å². The fourth-order valence-electron chi connectivity index (χ4n) is 1.32. The van der Waals surface area contributed by atoms with Crippen LogP contribution in [0.1, 0.15) is 13.3 Å². The number of allylic oxidation sites excluding steroid dienone is 2. The lowest BCUT2D eigenvalue weighted by Gasteiger charge is -2.14. The van der Waals surface area contributed by atoms with E-state index in [4.69, 9.17) is 0 Å². The van der Waals surface area contributed by atoms with E-state index in [0.717, 1.165) is 6.42 Å². The van der Waals surface area contributed by atoms with Gasteiger partial charge in [-0.25, -0.2) is 4.99 Å². The average Bonchev–Trinajstić information content (AvgIpc) is 2.33. The van der Waals surface area contributed by atoms with Crippen LogP contribution in [0, 0.1) is 0 Å². The van der Waals surface area contributed by atoms with Crippen LogP contribution >= 0.6 is 0 Å². The van der Waals surface area contributed by atoms with Crippen LogP contribution in [0.5, 0.6) is 0 Å². The number of nitrogens with one attached hydrogen (secondary N) is 1. The third-order valence-electron chi connectivity index (χ3n) is 1.91. The predicted octanol–water partition coefficient (Wildman–Crippen LogP) is 1.22. The molecule has 0 spiro atoms. The van der Waals surface area contributed by atoms with E-state index in [1.165, 1.54) is 11.3 Å². The molecule has 0 saturated heterocycles. The van der Waals surface area contributed by atoms with E-state index in [9.17, 15) is 0 Å². The van der Waals surface area contributed by atoms with Gasteiger partial charge >= 0.3 is 0 Å². The predicted molar refractivity (Wildman–Crippen MR) is 41.9 cm³/mol. The molecule has 10 heavy (non-hydrogen) atoms. The minimum atomic E-state index is 0.463. The summed E-state index contributed by atoms with van der Waals surface area (Å²) in [6.45, 7) is 2.15. The molecule has 0 fully saturated rings. The first-order valence-corrected chi connectivity index (χ1v) is 3.52. The average molecular weight is 134 g/mol. The van der Waals surface area contributed by atoms with Crippen molar-refractivity contribution >= 4 is 6.34 Å². The summed E-state index contributed by atoms with van der Waals surface area (Å²) in [6.07, 6.45) is 7.10. The fourth-order valence-corrected chi connectivity index (χ4v) is 1.32. The summed E-state index contributed by atoms with van der Waals surface area (Å²) in [5.74, 6) is 0. The van der Waals surface area contributed by atoms with Crippen LogP contribution in [0.4, 0.5) is 0 Å². The van der Waals surface area contributed by atoms with Gasteiger partial charge in [0.2, 0.25) is 0 Å². The Balaban J connectivity index is 2.30. The Labute approximate surface area is 60.3 Å². The van der Waals surface area contributed by atoms with Crippen LogP contribution in [-0.2, 0) is 0 Å². The number of rotatable bonds is 0. The highest BCUT2D eigenvalue weighted by Crippen LogP contribution is 2.21. The lowest BCUT2D eigenvalue weighted by Crippen LogP contribution is -2.24. The van der Waals surface area contributed by atoms with Crippen LogP contribution < -0.4 is 5.32 Å². The monoisotopic (exact) mass is 134 g/mol. The number of fused-ring (bicyclic) bond motifs is 1. The zero-order valence-electron chi connectivity index (χ0n) is 5.96. The van der Waals surface area contributed by atoms with Gasteiger partial charge < -0.3 is 5.32 Å². The smallest absolute Gasteiger partial charge is 0.0888 e. The maximum Gasteiger partial charge on any atom is 0.0888 e. The summed E-state index contributed by atoms with van der Waals surface area (Å²) in [7, 11) is 0. The van der Waals surface area contributed by atoms with Crippen LogP contribution in [0.25, 0.3) is 0 Å². The van der Waals surface area contributed by atoms with Crippen molar-refractivity contribution < 1.29 is 0 Å². The largest absolute Gasteiger partial charge is 0.367 e. The summed E-state index contributed by atoms with van der Waals surface area (Å²) < 4.78 is 0. The van der Waals surface area contributed by atoms with Gasteiger partial charge in [0.25, 0.3) is 0 Å². The van der Waals surface area contributed by atoms with Gasteiger partial charge in [0.1, 0.15) is 0 Å². The number of hydrogen-bond donors (Lipinski definition) is 1. The van der Waals surface area contributed by atoms with Crippen molar-refractivity contribution in [3.63, 3.8) is 0 Å². The van der Waals surface area contributed by atoms with Crippen LogP contribution in [0.15, 0.2) is 28.4 Å². The summed E-state index contributed by atoms with van der Waals surface area (Å²) in [4.78, 5) is 4.17. The molecule has 52 valence electrons. The summed E-state index contributed by atoms with van der Waals surface area (Å²) >= 11 is 0. The molecule has 0 radical (unpaired) electrons. The molecule has 2 nitrogen and oxygen atoms in total. The second kappa shape index (κ2) is 1.97. The number of hydrogen-bond acceptors (Lipinski definition) is 2. The maximum atomic E-state index is 4.17. The van der Waals surface area contributed by atoms with Gasteiger partial charge in [-0.3, -0.25) is 0 Å². The quantitative estimate of drug-likeness (QED) is 0.529. The summed E-state index contributed by atoms with van der Waals surface area (Å²) in [5, 5.41) is 3.19. The molecule has 0 aromatic heterocycles. The number of aliphatic imine (C=N–C) groups is 1. The Kier molecular flexibility index (Phi) is 1.13. The van der Waals surface area contributed by atoms with E-state index in [-0.39, 0.29) is 0 Å². The minimum absolute atomic E-state index is 0.463. The van der Waals surface area contributed by atoms with Gasteiger partial charge in [0, 0.05) is 0 Å². The molecule has 0 aromatic rings. The SMILES string of the molecule is CC1=CC=C2N=CNC2C1. The van der Waals surface area contributed by atoms with E-state index in [1.54, 1.807) is 6.34 Å². The first-order valence-electron chi connectivity index (χ1n) is 3.52. The first kappa shape index (κ1) is 5.71. The standard InChI is InChI=1S/C8H10N2/c1-6-2-3-7-8(4-6)10-5-9-7/h2-3,5,8H,4H2,1H3,(H,9,10). The van der Waals surface area contributed by atoms with E-state index >= 15 is 0 Å². The molecule has 1 aliphatic heterocycles. The Morgan fingerprint density at radius 2 is 2.50 bits per heavy atom. The van der Waals surface area contributed by atoms with E-state index in [0.29, 0.717) is 6.04 Å². The molecule has 2 rings (SSSR count). The second-order valence-corrected chi connectivity index (χ2v) is 2.79. The van der Waals surface area contributed by atoms with Gasteiger partial charge in [-0.15, -0.1) is 0 Å². The molecular formula is C8H10N2.